The van der Waals surface area contributed by atoms with Gasteiger partial charge in [0.05, 0.1) is 19.7 Å². The van der Waals surface area contributed by atoms with E-state index in [4.69, 9.17) is 9.47 Å². The maximum Gasteiger partial charge on any atom is 0.249 e. The van der Waals surface area contributed by atoms with Crippen LogP contribution in [0, 0.1) is 0 Å². The van der Waals surface area contributed by atoms with Crippen molar-refractivity contribution < 1.29 is 19.1 Å². The minimum absolute atomic E-state index is 0.0602. The number of methoxy groups -OCH3 is 2. The number of hydrogen-bond acceptors (Lipinski definition) is 6. The molecule has 0 bridgehead atoms. The molecule has 1 unspecified atom stereocenters. The number of carbonyl (C=O) groups is 2. The first-order chi connectivity index (χ1) is 19.1. The zero-order valence-corrected chi connectivity index (χ0v) is 22.2. The van der Waals surface area contributed by atoms with Gasteiger partial charge in [0.2, 0.25) is 11.8 Å². The van der Waals surface area contributed by atoms with E-state index in [1.807, 2.05) is 54.6 Å². The van der Waals surface area contributed by atoms with E-state index in [2.05, 4.69) is 15.6 Å². The number of aromatic nitrogens is 3. The summed E-state index contributed by atoms with van der Waals surface area (Å²) in [5.74, 6) is 0.483. The van der Waals surface area contributed by atoms with Gasteiger partial charge in [-0.25, -0.2) is 4.68 Å². The van der Waals surface area contributed by atoms with Crippen LogP contribution >= 0.6 is 0 Å². The van der Waals surface area contributed by atoms with Crippen LogP contribution in [0.2, 0.25) is 0 Å². The Balaban J connectivity index is 1.59. The Morgan fingerprint density at radius 3 is 2.46 bits per heavy atom. The number of nitrogens with one attached hydrogen (secondary N) is 1. The predicted octanol–water partition coefficient (Wildman–Crippen LogP) is 4.67. The number of ether oxygens (including phenoxy) is 2. The van der Waals surface area contributed by atoms with Crippen LogP contribution < -0.4 is 19.7 Å². The molecule has 1 aliphatic carbocycles. The van der Waals surface area contributed by atoms with Gasteiger partial charge in [-0.15, -0.1) is 5.10 Å². The summed E-state index contributed by atoms with van der Waals surface area (Å²) < 4.78 is 12.7. The van der Waals surface area contributed by atoms with Gasteiger partial charge in [0, 0.05) is 23.4 Å². The highest BCUT2D eigenvalue weighted by Gasteiger charge is 2.36. The summed E-state index contributed by atoms with van der Waals surface area (Å²) in [5, 5.41) is 11.6. The number of carbonyl (C=O) groups excluding carboxylic acids is 2. The van der Waals surface area contributed by atoms with Crippen LogP contribution in [0.15, 0.2) is 72.8 Å². The molecule has 0 spiro atoms. The Labute approximate surface area is 227 Å². The number of nitrogens with zero attached hydrogens (tertiary/aromatic N) is 4. The van der Waals surface area contributed by atoms with E-state index in [9.17, 15) is 9.59 Å². The molecule has 0 radical (unpaired) electrons. The quantitative estimate of drug-likeness (QED) is 0.340. The van der Waals surface area contributed by atoms with Crippen molar-refractivity contribution in [1.29, 1.82) is 0 Å². The monoisotopic (exact) mass is 527 g/mol. The number of anilines is 1. The Kier molecular flexibility index (Phi) is 8.05. The van der Waals surface area contributed by atoms with Gasteiger partial charge in [0.25, 0.3) is 0 Å². The van der Waals surface area contributed by atoms with Crippen molar-refractivity contribution in [3.63, 3.8) is 0 Å². The van der Waals surface area contributed by atoms with Gasteiger partial charge in [-0.05, 0) is 49.2 Å². The fourth-order valence-corrected chi connectivity index (χ4v) is 5.23. The molecule has 39 heavy (non-hydrogen) atoms. The molecular formula is C30H33N5O4. The van der Waals surface area contributed by atoms with Crippen LogP contribution in [-0.4, -0.2) is 47.1 Å². The van der Waals surface area contributed by atoms with Gasteiger partial charge in [0.1, 0.15) is 29.6 Å². The lowest BCUT2D eigenvalue weighted by Crippen LogP contribution is -2.48. The second-order valence-electron chi connectivity index (χ2n) is 9.69. The van der Waals surface area contributed by atoms with Crippen LogP contribution in [0.4, 0.5) is 5.69 Å². The normalized spacial score (nSPS) is 14.5. The van der Waals surface area contributed by atoms with Gasteiger partial charge in [-0.3, -0.25) is 14.5 Å². The van der Waals surface area contributed by atoms with Crippen molar-refractivity contribution in [2.45, 2.75) is 50.7 Å². The van der Waals surface area contributed by atoms with Gasteiger partial charge in [0.15, 0.2) is 0 Å². The van der Waals surface area contributed by atoms with E-state index in [-0.39, 0.29) is 24.4 Å². The zero-order valence-electron chi connectivity index (χ0n) is 22.2. The summed E-state index contributed by atoms with van der Waals surface area (Å²) in [4.78, 5) is 29.9. The lowest BCUT2D eigenvalue weighted by Gasteiger charge is -2.34. The number of benzene rings is 3. The smallest absolute Gasteiger partial charge is 0.249 e. The average Bonchev–Trinajstić information content (AvgIpc) is 3.39. The number of amides is 2. The van der Waals surface area contributed by atoms with Crippen LogP contribution in [0.3, 0.4) is 0 Å². The van der Waals surface area contributed by atoms with Crippen molar-refractivity contribution in [2.24, 2.45) is 0 Å². The molecule has 0 saturated heterocycles. The Morgan fingerprint density at radius 2 is 1.72 bits per heavy atom. The van der Waals surface area contributed by atoms with Gasteiger partial charge < -0.3 is 14.8 Å². The average molecular weight is 528 g/mol. The fourth-order valence-electron chi connectivity index (χ4n) is 5.23. The van der Waals surface area contributed by atoms with E-state index in [1.54, 1.807) is 42.0 Å². The first-order valence-corrected chi connectivity index (χ1v) is 13.3. The Hall–Kier alpha value is -4.40. The second kappa shape index (κ2) is 12.0. The highest BCUT2D eigenvalue weighted by atomic mass is 16.5. The zero-order chi connectivity index (χ0) is 27.2. The molecule has 1 atom stereocenters. The third-order valence-corrected chi connectivity index (χ3v) is 7.20. The summed E-state index contributed by atoms with van der Waals surface area (Å²) in [7, 11) is 3.12. The van der Waals surface area contributed by atoms with Crippen LogP contribution in [-0.2, 0) is 16.1 Å². The molecule has 5 rings (SSSR count). The molecule has 0 aliphatic heterocycles. The standard InChI is InChI=1S/C30H33N5O4/c1-38-23-17-18-24(27(19-23)39-2)29(30(37)31-21-11-5-3-6-12-21)35(22-13-7-4-8-14-22)28(36)20-34-26-16-10-9-15-25(26)32-33-34/h4,7-10,13-19,21,29H,3,5-6,11-12,20H2,1-2H3,(H,31,37). The van der Waals surface area contributed by atoms with Crippen molar-refractivity contribution in [3.8, 4) is 11.5 Å². The Bertz CT molecular complexity index is 1430. The minimum Gasteiger partial charge on any atom is -0.497 e. The third-order valence-electron chi connectivity index (χ3n) is 7.20. The second-order valence-corrected chi connectivity index (χ2v) is 9.69. The molecule has 9 heteroatoms. The lowest BCUT2D eigenvalue weighted by molar-refractivity contribution is -0.127. The molecule has 1 fully saturated rings. The summed E-state index contributed by atoms with van der Waals surface area (Å²) in [6.45, 7) is -0.0961. The maximum absolute atomic E-state index is 14.2. The number of hydrogen-bond donors (Lipinski definition) is 1. The van der Waals surface area contributed by atoms with Crippen molar-refractivity contribution in [1.82, 2.24) is 20.3 Å². The highest BCUT2D eigenvalue weighted by Crippen LogP contribution is 2.36. The van der Waals surface area contributed by atoms with E-state index in [1.165, 1.54) is 6.42 Å². The Morgan fingerprint density at radius 1 is 0.974 bits per heavy atom. The fraction of sp³-hybridized carbons (Fsp3) is 0.333. The topological polar surface area (TPSA) is 98.6 Å². The molecule has 1 aliphatic rings. The first kappa shape index (κ1) is 26.2. The maximum atomic E-state index is 14.2. The number of para-hydroxylation sites is 2. The summed E-state index contributed by atoms with van der Waals surface area (Å²) >= 11 is 0. The van der Waals surface area contributed by atoms with Crippen LogP contribution in [0.5, 0.6) is 11.5 Å². The summed E-state index contributed by atoms with van der Waals surface area (Å²) in [6.07, 6.45) is 5.15. The van der Waals surface area contributed by atoms with E-state index in [0.717, 1.165) is 31.2 Å². The summed E-state index contributed by atoms with van der Waals surface area (Å²) in [5.41, 5.74) is 2.59. The van der Waals surface area contributed by atoms with Gasteiger partial charge >= 0.3 is 0 Å². The molecule has 2 amide bonds. The largest absolute Gasteiger partial charge is 0.497 e. The summed E-state index contributed by atoms with van der Waals surface area (Å²) in [6, 6.07) is 21.1. The van der Waals surface area contributed by atoms with Crippen LogP contribution in [0.1, 0.15) is 43.7 Å². The molecule has 1 saturated carbocycles. The van der Waals surface area contributed by atoms with Crippen molar-refractivity contribution in [2.75, 3.05) is 19.1 Å². The molecule has 1 N–H and O–H groups in total. The number of rotatable bonds is 9. The molecule has 3 aromatic carbocycles. The van der Waals surface area contributed by atoms with Gasteiger partial charge in [-0.1, -0.05) is 54.8 Å². The van der Waals surface area contributed by atoms with Crippen LogP contribution in [0.25, 0.3) is 11.0 Å². The molecule has 1 heterocycles. The molecule has 4 aromatic rings. The van der Waals surface area contributed by atoms with E-state index in [0.29, 0.717) is 28.3 Å². The van der Waals surface area contributed by atoms with E-state index >= 15 is 0 Å². The van der Waals surface area contributed by atoms with E-state index < -0.39 is 6.04 Å². The van der Waals surface area contributed by atoms with Gasteiger partial charge in [-0.2, -0.15) is 0 Å². The number of fused-ring (bicyclic) bond motifs is 1. The molecule has 1 aromatic heterocycles. The lowest BCUT2D eigenvalue weighted by atomic mass is 9.94. The third kappa shape index (κ3) is 5.72. The molecular weight excluding hydrogens is 494 g/mol. The first-order valence-electron chi connectivity index (χ1n) is 13.3. The SMILES string of the molecule is COc1ccc(C(C(=O)NC2CCCCC2)N(C(=O)Cn2nnc3ccccc32)c2ccccc2)c(OC)c1. The highest BCUT2D eigenvalue weighted by molar-refractivity contribution is 6.02. The molecule has 202 valence electrons. The predicted molar refractivity (Wildman–Crippen MR) is 149 cm³/mol. The minimum atomic E-state index is -0.988. The van der Waals surface area contributed by atoms with Crippen molar-refractivity contribution in [3.05, 3.63) is 78.4 Å². The molecule has 9 nitrogen and oxygen atoms in total. The van der Waals surface area contributed by atoms with Crippen molar-refractivity contribution >= 4 is 28.5 Å².